The fourth-order valence-electron chi connectivity index (χ4n) is 2.66. The lowest BCUT2D eigenvalue weighted by atomic mass is 10.0. The highest BCUT2D eigenvalue weighted by molar-refractivity contribution is 5.86. The van der Waals surface area contributed by atoms with Crippen LogP contribution < -0.4 is 0 Å². The number of hydrogen-bond donors (Lipinski definition) is 2. The maximum atomic E-state index is 10.2. The Morgan fingerprint density at radius 2 is 1.92 bits per heavy atom. The summed E-state index contributed by atoms with van der Waals surface area (Å²) >= 11 is 0. The second-order valence-electron chi connectivity index (χ2n) is 5.85. The van der Waals surface area contributed by atoms with E-state index in [9.17, 15) is 10.2 Å². The molecule has 2 aromatic carbocycles. The minimum absolute atomic E-state index is 0.0611. The van der Waals surface area contributed by atoms with Crippen molar-refractivity contribution in [2.24, 2.45) is 4.99 Å². The van der Waals surface area contributed by atoms with E-state index in [1.807, 2.05) is 19.1 Å². The first kappa shape index (κ1) is 16.1. The van der Waals surface area contributed by atoms with E-state index in [0.717, 1.165) is 5.56 Å². The second kappa shape index (κ2) is 6.81. The summed E-state index contributed by atoms with van der Waals surface area (Å²) in [6.45, 7) is 3.54. The third-order valence-electron chi connectivity index (χ3n) is 4.21. The van der Waals surface area contributed by atoms with Gasteiger partial charge in [-0.3, -0.25) is 9.98 Å². The SMILES string of the molecule is Cc1ncc(CO)c(C=N[C@H](C)c2ccc3ccccc3c2)c1O. The molecule has 1 heterocycles. The molecule has 2 N–H and O–H groups in total. The third kappa shape index (κ3) is 3.14. The fraction of sp³-hybridized carbons (Fsp3) is 0.200. The van der Waals surface area contributed by atoms with Crippen LogP contribution in [-0.4, -0.2) is 21.4 Å². The Morgan fingerprint density at radius 1 is 1.17 bits per heavy atom. The molecule has 4 nitrogen and oxygen atoms in total. The van der Waals surface area contributed by atoms with Gasteiger partial charge in [-0.25, -0.2) is 0 Å². The van der Waals surface area contributed by atoms with Crippen molar-refractivity contribution in [2.75, 3.05) is 0 Å². The second-order valence-corrected chi connectivity index (χ2v) is 5.85. The smallest absolute Gasteiger partial charge is 0.145 e. The van der Waals surface area contributed by atoms with Crippen LogP contribution >= 0.6 is 0 Å². The highest BCUT2D eigenvalue weighted by Crippen LogP contribution is 2.25. The summed E-state index contributed by atoms with van der Waals surface area (Å²) in [6, 6.07) is 14.4. The van der Waals surface area contributed by atoms with Gasteiger partial charge < -0.3 is 10.2 Å². The van der Waals surface area contributed by atoms with Crippen LogP contribution in [0.3, 0.4) is 0 Å². The largest absolute Gasteiger partial charge is 0.505 e. The number of fused-ring (bicyclic) bond motifs is 1. The molecule has 0 spiro atoms. The molecule has 24 heavy (non-hydrogen) atoms. The predicted molar refractivity (Wildman–Crippen MR) is 96.5 cm³/mol. The van der Waals surface area contributed by atoms with Crippen molar-refractivity contribution >= 4 is 17.0 Å². The lowest BCUT2D eigenvalue weighted by Crippen LogP contribution is -1.99. The molecule has 0 bridgehead atoms. The van der Waals surface area contributed by atoms with Crippen LogP contribution in [0.4, 0.5) is 0 Å². The van der Waals surface area contributed by atoms with Crippen molar-refractivity contribution in [3.8, 4) is 5.75 Å². The molecular weight excluding hydrogens is 300 g/mol. The molecule has 3 aromatic rings. The topological polar surface area (TPSA) is 65.7 Å². The van der Waals surface area contributed by atoms with Crippen molar-refractivity contribution in [3.05, 3.63) is 71.0 Å². The van der Waals surface area contributed by atoms with Crippen molar-refractivity contribution in [2.45, 2.75) is 26.5 Å². The summed E-state index contributed by atoms with van der Waals surface area (Å²) in [5.41, 5.74) is 2.71. The van der Waals surface area contributed by atoms with Gasteiger partial charge in [0.2, 0.25) is 0 Å². The first-order chi connectivity index (χ1) is 11.6. The first-order valence-corrected chi connectivity index (χ1v) is 7.90. The van der Waals surface area contributed by atoms with E-state index in [0.29, 0.717) is 16.8 Å². The lowest BCUT2D eigenvalue weighted by Gasteiger charge is -2.10. The molecule has 1 atom stereocenters. The van der Waals surface area contributed by atoms with E-state index in [4.69, 9.17) is 0 Å². The summed E-state index contributed by atoms with van der Waals surface area (Å²) in [7, 11) is 0. The zero-order valence-electron chi connectivity index (χ0n) is 13.8. The summed E-state index contributed by atoms with van der Waals surface area (Å²) in [5.74, 6) is 0.0658. The Kier molecular flexibility index (Phi) is 4.58. The highest BCUT2D eigenvalue weighted by Gasteiger charge is 2.10. The number of aliphatic hydroxyl groups excluding tert-OH is 1. The highest BCUT2D eigenvalue weighted by atomic mass is 16.3. The van der Waals surface area contributed by atoms with Crippen molar-refractivity contribution in [1.82, 2.24) is 4.98 Å². The molecule has 0 aliphatic heterocycles. The predicted octanol–water partition coefficient (Wildman–Crippen LogP) is 3.92. The average Bonchev–Trinajstić information content (AvgIpc) is 2.62. The summed E-state index contributed by atoms with van der Waals surface area (Å²) < 4.78 is 0. The van der Waals surface area contributed by atoms with Crippen LogP contribution in [0.25, 0.3) is 10.8 Å². The number of pyridine rings is 1. The van der Waals surface area contributed by atoms with Gasteiger partial charge in [0, 0.05) is 23.5 Å². The molecule has 4 heteroatoms. The van der Waals surface area contributed by atoms with E-state index >= 15 is 0 Å². The van der Waals surface area contributed by atoms with Gasteiger partial charge in [0.25, 0.3) is 0 Å². The molecule has 0 radical (unpaired) electrons. The number of aryl methyl sites for hydroxylation is 1. The minimum Gasteiger partial charge on any atom is -0.505 e. The molecule has 0 aliphatic carbocycles. The fourth-order valence-corrected chi connectivity index (χ4v) is 2.66. The van der Waals surface area contributed by atoms with Gasteiger partial charge >= 0.3 is 0 Å². The van der Waals surface area contributed by atoms with Gasteiger partial charge in [0.15, 0.2) is 0 Å². The number of aliphatic imine (C=N–C) groups is 1. The van der Waals surface area contributed by atoms with Crippen molar-refractivity contribution in [3.63, 3.8) is 0 Å². The van der Waals surface area contributed by atoms with Crippen LogP contribution in [0, 0.1) is 6.92 Å². The van der Waals surface area contributed by atoms with Crippen LogP contribution in [0.5, 0.6) is 5.75 Å². The molecule has 1 aromatic heterocycles. The zero-order chi connectivity index (χ0) is 17.1. The Bertz CT molecular complexity index is 903. The Balaban J connectivity index is 1.92. The van der Waals surface area contributed by atoms with E-state index in [1.54, 1.807) is 19.3 Å². The minimum atomic E-state index is -0.188. The molecule has 0 amide bonds. The Hall–Kier alpha value is -2.72. The van der Waals surface area contributed by atoms with Gasteiger partial charge in [-0.15, -0.1) is 0 Å². The number of rotatable bonds is 4. The Labute approximate surface area is 141 Å². The van der Waals surface area contributed by atoms with E-state index in [-0.39, 0.29) is 18.4 Å². The summed E-state index contributed by atoms with van der Waals surface area (Å²) in [4.78, 5) is 8.62. The van der Waals surface area contributed by atoms with E-state index in [1.165, 1.54) is 10.8 Å². The number of nitrogens with zero attached hydrogens (tertiary/aromatic N) is 2. The Morgan fingerprint density at radius 3 is 2.67 bits per heavy atom. The number of benzene rings is 2. The number of aromatic hydroxyl groups is 1. The van der Waals surface area contributed by atoms with Gasteiger partial charge in [-0.05, 0) is 36.2 Å². The van der Waals surface area contributed by atoms with Gasteiger partial charge in [0.1, 0.15) is 5.75 Å². The monoisotopic (exact) mass is 320 g/mol. The maximum Gasteiger partial charge on any atom is 0.145 e. The molecule has 0 unspecified atom stereocenters. The van der Waals surface area contributed by atoms with Crippen molar-refractivity contribution < 1.29 is 10.2 Å². The summed E-state index contributed by atoms with van der Waals surface area (Å²) in [5, 5.41) is 22.0. The third-order valence-corrected chi connectivity index (χ3v) is 4.21. The van der Waals surface area contributed by atoms with E-state index < -0.39 is 0 Å². The standard InChI is InChI=1S/C20H20N2O2/c1-13(16-8-7-15-5-3-4-6-17(15)9-16)22-11-19-18(12-23)10-21-14(2)20(19)24/h3-11,13,23-24H,12H2,1-2H3/t13-/m1/s1. The number of aromatic nitrogens is 1. The molecule has 122 valence electrons. The lowest BCUT2D eigenvalue weighted by molar-refractivity contribution is 0.280. The van der Waals surface area contributed by atoms with Crippen LogP contribution in [-0.2, 0) is 6.61 Å². The average molecular weight is 320 g/mol. The molecule has 0 fully saturated rings. The van der Waals surface area contributed by atoms with Gasteiger partial charge in [-0.2, -0.15) is 0 Å². The molecule has 3 rings (SSSR count). The van der Waals surface area contributed by atoms with Crippen LogP contribution in [0.2, 0.25) is 0 Å². The summed E-state index contributed by atoms with van der Waals surface area (Å²) in [6.07, 6.45) is 3.19. The zero-order valence-corrected chi connectivity index (χ0v) is 13.8. The molecule has 0 saturated carbocycles. The number of aliphatic hydroxyl groups is 1. The molecular formula is C20H20N2O2. The van der Waals surface area contributed by atoms with Crippen LogP contribution in [0.1, 0.15) is 35.3 Å². The van der Waals surface area contributed by atoms with Crippen LogP contribution in [0.15, 0.2) is 53.7 Å². The van der Waals surface area contributed by atoms with Gasteiger partial charge in [0.05, 0.1) is 18.3 Å². The maximum absolute atomic E-state index is 10.2. The normalized spacial score (nSPS) is 12.8. The van der Waals surface area contributed by atoms with E-state index in [2.05, 4.69) is 40.3 Å². The number of hydrogen-bond acceptors (Lipinski definition) is 4. The van der Waals surface area contributed by atoms with Crippen molar-refractivity contribution in [1.29, 1.82) is 0 Å². The van der Waals surface area contributed by atoms with Gasteiger partial charge in [-0.1, -0.05) is 36.4 Å². The quantitative estimate of drug-likeness (QED) is 0.716. The molecule has 0 saturated heterocycles. The first-order valence-electron chi connectivity index (χ1n) is 7.90. The molecule has 0 aliphatic rings.